The molecule has 8 nitrogen and oxygen atoms in total. The van der Waals surface area contributed by atoms with Gasteiger partial charge in [0.1, 0.15) is 0 Å². The van der Waals surface area contributed by atoms with E-state index in [0.29, 0.717) is 24.3 Å². The van der Waals surface area contributed by atoms with Gasteiger partial charge in [-0.15, -0.1) is 0 Å². The first-order valence-corrected chi connectivity index (χ1v) is 11.1. The lowest BCUT2D eigenvalue weighted by atomic mass is 9.98. The van der Waals surface area contributed by atoms with Gasteiger partial charge in [0, 0.05) is 48.8 Å². The zero-order chi connectivity index (χ0) is 20.8. The molecule has 2 bridgehead atoms. The van der Waals surface area contributed by atoms with E-state index in [-0.39, 0.29) is 18.0 Å². The Morgan fingerprint density at radius 1 is 1.23 bits per heavy atom. The molecule has 2 aromatic rings. The predicted octanol–water partition coefficient (Wildman–Crippen LogP) is 2.57. The standard InChI is InChI=1S/C22H30N6O2/c1-3-8-27-9-10-28(22(27)30)17-6-7-19-18(13-17)20(25-24-19)21(29)23-14-11-15-4-5-16(12-14)26(15)2/h6-7,13-16H,3-5,8-12H2,1-2H3,(H,23,29)(H,24,25)/t14-,15+,16-. The number of hydrogen-bond donors (Lipinski definition) is 2. The van der Waals surface area contributed by atoms with Crippen molar-refractivity contribution in [3.8, 4) is 0 Å². The number of rotatable bonds is 5. The molecule has 3 aliphatic rings. The van der Waals surface area contributed by atoms with E-state index in [1.807, 2.05) is 23.1 Å². The number of nitrogens with zero attached hydrogens (tertiary/aromatic N) is 4. The third-order valence-electron chi connectivity index (χ3n) is 7.10. The smallest absolute Gasteiger partial charge is 0.324 e. The van der Waals surface area contributed by atoms with Gasteiger partial charge in [-0.05, 0) is 57.4 Å². The molecule has 3 atom stereocenters. The first-order valence-electron chi connectivity index (χ1n) is 11.1. The first-order chi connectivity index (χ1) is 14.5. The highest BCUT2D eigenvalue weighted by Gasteiger charge is 2.39. The molecule has 3 aliphatic heterocycles. The molecule has 1 aromatic carbocycles. The van der Waals surface area contributed by atoms with E-state index in [1.165, 1.54) is 12.8 Å². The molecule has 0 radical (unpaired) electrons. The number of carbonyl (C=O) groups excluding carboxylic acids is 2. The number of aromatic nitrogens is 2. The number of H-pyrrole nitrogens is 1. The second-order valence-corrected chi connectivity index (χ2v) is 8.92. The van der Waals surface area contributed by atoms with Crippen LogP contribution >= 0.6 is 0 Å². The molecule has 5 rings (SSSR count). The zero-order valence-corrected chi connectivity index (χ0v) is 17.7. The molecule has 3 amide bonds. The van der Waals surface area contributed by atoms with Crippen LogP contribution in [0.25, 0.3) is 10.9 Å². The number of carbonyl (C=O) groups is 2. The second kappa shape index (κ2) is 7.58. The Balaban J connectivity index is 1.35. The fourth-order valence-electron chi connectivity index (χ4n) is 5.43. The average Bonchev–Trinajstić information content (AvgIpc) is 3.36. The number of anilines is 1. The predicted molar refractivity (Wildman–Crippen MR) is 116 cm³/mol. The molecule has 0 aliphatic carbocycles. The minimum Gasteiger partial charge on any atom is -0.348 e. The molecule has 0 saturated carbocycles. The van der Waals surface area contributed by atoms with E-state index in [4.69, 9.17) is 0 Å². The van der Waals surface area contributed by atoms with Gasteiger partial charge in [0.25, 0.3) is 5.91 Å². The number of nitrogens with one attached hydrogen (secondary N) is 2. The second-order valence-electron chi connectivity index (χ2n) is 8.92. The summed E-state index contributed by atoms with van der Waals surface area (Å²) in [5.74, 6) is -0.132. The van der Waals surface area contributed by atoms with Crippen LogP contribution in [0, 0.1) is 0 Å². The van der Waals surface area contributed by atoms with Gasteiger partial charge >= 0.3 is 6.03 Å². The molecular weight excluding hydrogens is 380 g/mol. The molecular formula is C22H30N6O2. The quantitative estimate of drug-likeness (QED) is 0.793. The van der Waals surface area contributed by atoms with Crippen molar-refractivity contribution in [2.45, 2.75) is 57.2 Å². The van der Waals surface area contributed by atoms with Crippen LogP contribution in [0.4, 0.5) is 10.5 Å². The maximum atomic E-state index is 13.0. The fourth-order valence-corrected chi connectivity index (χ4v) is 5.43. The van der Waals surface area contributed by atoms with Crippen LogP contribution in [0.2, 0.25) is 0 Å². The summed E-state index contributed by atoms with van der Waals surface area (Å²) in [4.78, 5) is 31.9. The molecule has 3 fully saturated rings. The van der Waals surface area contributed by atoms with Gasteiger partial charge in [-0.3, -0.25) is 14.8 Å². The third kappa shape index (κ3) is 3.23. The van der Waals surface area contributed by atoms with Crippen molar-refractivity contribution >= 4 is 28.5 Å². The molecule has 3 saturated heterocycles. The normalized spacial score (nSPS) is 26.7. The summed E-state index contributed by atoms with van der Waals surface area (Å²) in [5.41, 5.74) is 2.04. The number of piperidine rings is 1. The molecule has 2 N–H and O–H groups in total. The Labute approximate surface area is 176 Å². The van der Waals surface area contributed by atoms with E-state index in [2.05, 4.69) is 34.4 Å². The van der Waals surface area contributed by atoms with Gasteiger partial charge in [0.05, 0.1) is 5.52 Å². The van der Waals surface area contributed by atoms with Crippen LogP contribution in [0.15, 0.2) is 18.2 Å². The number of urea groups is 1. The summed E-state index contributed by atoms with van der Waals surface area (Å²) in [5, 5.41) is 11.3. The van der Waals surface area contributed by atoms with Gasteiger partial charge < -0.3 is 15.1 Å². The molecule has 160 valence electrons. The Hall–Kier alpha value is -2.61. The Kier molecular flexibility index (Phi) is 4.89. The topological polar surface area (TPSA) is 84.6 Å². The highest BCUT2D eigenvalue weighted by molar-refractivity contribution is 6.06. The van der Waals surface area contributed by atoms with Crippen LogP contribution < -0.4 is 10.2 Å². The molecule has 0 spiro atoms. The van der Waals surface area contributed by atoms with Crippen LogP contribution in [0.5, 0.6) is 0 Å². The van der Waals surface area contributed by atoms with Crippen LogP contribution in [0.3, 0.4) is 0 Å². The van der Waals surface area contributed by atoms with E-state index >= 15 is 0 Å². The van der Waals surface area contributed by atoms with Gasteiger partial charge in [-0.2, -0.15) is 5.10 Å². The molecule has 4 heterocycles. The lowest BCUT2D eigenvalue weighted by Gasteiger charge is -2.36. The zero-order valence-electron chi connectivity index (χ0n) is 17.7. The lowest BCUT2D eigenvalue weighted by molar-refractivity contribution is 0.0879. The van der Waals surface area contributed by atoms with Crippen molar-refractivity contribution < 1.29 is 9.59 Å². The Morgan fingerprint density at radius 3 is 2.73 bits per heavy atom. The number of benzene rings is 1. The lowest BCUT2D eigenvalue weighted by Crippen LogP contribution is -2.48. The van der Waals surface area contributed by atoms with Gasteiger partial charge in [-0.1, -0.05) is 6.92 Å². The van der Waals surface area contributed by atoms with Crippen molar-refractivity contribution in [1.82, 2.24) is 25.3 Å². The average molecular weight is 411 g/mol. The van der Waals surface area contributed by atoms with Crippen molar-refractivity contribution in [1.29, 1.82) is 0 Å². The summed E-state index contributed by atoms with van der Waals surface area (Å²) >= 11 is 0. The molecule has 8 heteroatoms. The number of fused-ring (bicyclic) bond motifs is 3. The van der Waals surface area contributed by atoms with E-state index in [9.17, 15) is 9.59 Å². The molecule has 30 heavy (non-hydrogen) atoms. The fraction of sp³-hybridized carbons (Fsp3) is 0.591. The maximum Gasteiger partial charge on any atom is 0.324 e. The third-order valence-corrected chi connectivity index (χ3v) is 7.10. The van der Waals surface area contributed by atoms with Crippen molar-refractivity contribution in [2.75, 3.05) is 31.6 Å². The van der Waals surface area contributed by atoms with E-state index in [0.717, 1.165) is 48.9 Å². The summed E-state index contributed by atoms with van der Waals surface area (Å²) in [7, 11) is 2.20. The minimum absolute atomic E-state index is 0.0347. The monoisotopic (exact) mass is 410 g/mol. The number of amides is 3. The molecule has 1 aromatic heterocycles. The van der Waals surface area contributed by atoms with Gasteiger partial charge in [0.2, 0.25) is 0 Å². The number of hydrogen-bond acceptors (Lipinski definition) is 4. The highest BCUT2D eigenvalue weighted by Crippen LogP contribution is 2.34. The minimum atomic E-state index is -0.132. The Morgan fingerprint density at radius 2 is 2.00 bits per heavy atom. The largest absolute Gasteiger partial charge is 0.348 e. The first kappa shape index (κ1) is 19.4. The van der Waals surface area contributed by atoms with Crippen molar-refractivity contribution in [2.24, 2.45) is 0 Å². The van der Waals surface area contributed by atoms with Crippen LogP contribution in [-0.2, 0) is 0 Å². The maximum absolute atomic E-state index is 13.0. The summed E-state index contributed by atoms with van der Waals surface area (Å²) in [6.07, 6.45) is 5.40. The Bertz CT molecular complexity index is 958. The van der Waals surface area contributed by atoms with Gasteiger partial charge in [-0.25, -0.2) is 4.79 Å². The van der Waals surface area contributed by atoms with E-state index in [1.54, 1.807) is 4.90 Å². The summed E-state index contributed by atoms with van der Waals surface area (Å²) in [6, 6.07) is 7.12. The highest BCUT2D eigenvalue weighted by atomic mass is 16.2. The van der Waals surface area contributed by atoms with Gasteiger partial charge in [0.15, 0.2) is 5.69 Å². The van der Waals surface area contributed by atoms with Crippen LogP contribution in [0.1, 0.15) is 49.5 Å². The summed E-state index contributed by atoms with van der Waals surface area (Å²) < 4.78 is 0. The van der Waals surface area contributed by atoms with E-state index < -0.39 is 0 Å². The van der Waals surface area contributed by atoms with Crippen molar-refractivity contribution in [3.05, 3.63) is 23.9 Å². The molecule has 0 unspecified atom stereocenters. The van der Waals surface area contributed by atoms with Crippen molar-refractivity contribution in [3.63, 3.8) is 0 Å². The summed E-state index contributed by atoms with van der Waals surface area (Å²) in [6.45, 7) is 4.26. The number of aromatic amines is 1. The van der Waals surface area contributed by atoms with Crippen LogP contribution in [-0.4, -0.2) is 76.7 Å². The SMILES string of the molecule is CCCN1CCN(c2ccc3[nH]nc(C(=O)N[C@H]4C[C@H]5CC[C@@H](C4)N5C)c3c2)C1=O.